The molecule has 2 aromatic heterocycles. The Hall–Kier alpha value is -1.85. The van der Waals surface area contributed by atoms with Gasteiger partial charge in [-0.15, -0.1) is 0 Å². The second kappa shape index (κ2) is 5.65. The lowest BCUT2D eigenvalue weighted by Crippen LogP contribution is -2.23. The summed E-state index contributed by atoms with van der Waals surface area (Å²) in [5, 5.41) is 9.41. The Morgan fingerprint density at radius 3 is 2.65 bits per heavy atom. The minimum absolute atomic E-state index is 0.0664. The lowest BCUT2D eigenvalue weighted by atomic mass is 10.1. The molecule has 2 aromatic rings. The predicted molar refractivity (Wildman–Crippen MR) is 87.8 cm³/mol. The van der Waals surface area contributed by atoms with Gasteiger partial charge in [-0.2, -0.15) is 0 Å². The first kappa shape index (κ1) is 16.0. The number of nitrogens with zero attached hydrogens (tertiary/aromatic N) is 2. The van der Waals surface area contributed by atoms with Crippen LogP contribution in [0.2, 0.25) is 10.2 Å². The minimum Gasteiger partial charge on any atom is -0.481 e. The quantitative estimate of drug-likeness (QED) is 0.859. The number of carboxylic acid groups (broad SMARTS) is 1. The number of aromatic nitrogens is 2. The number of rotatable bonds is 3. The maximum Gasteiger partial charge on any atom is 0.307 e. The first-order valence-electron chi connectivity index (χ1n) is 7.08. The van der Waals surface area contributed by atoms with E-state index in [1.807, 2.05) is 6.92 Å². The van der Waals surface area contributed by atoms with E-state index >= 15 is 0 Å². The summed E-state index contributed by atoms with van der Waals surface area (Å²) in [4.78, 5) is 27.7. The molecule has 0 saturated heterocycles. The van der Waals surface area contributed by atoms with Crippen molar-refractivity contribution >= 4 is 29.2 Å². The highest BCUT2D eigenvalue weighted by Gasteiger charge is 2.45. The van der Waals surface area contributed by atoms with E-state index in [9.17, 15) is 9.59 Å². The molecule has 3 rings (SSSR count). The van der Waals surface area contributed by atoms with Crippen LogP contribution < -0.4 is 5.56 Å². The maximum atomic E-state index is 12.7. The van der Waals surface area contributed by atoms with Crippen LogP contribution in [0.4, 0.5) is 0 Å². The summed E-state index contributed by atoms with van der Waals surface area (Å²) < 4.78 is 1.48. The maximum absolute atomic E-state index is 12.7. The van der Waals surface area contributed by atoms with Gasteiger partial charge < -0.3 is 5.11 Å². The van der Waals surface area contributed by atoms with Crippen molar-refractivity contribution in [1.82, 2.24) is 9.55 Å². The minimum atomic E-state index is -0.857. The largest absolute Gasteiger partial charge is 0.481 e. The van der Waals surface area contributed by atoms with Gasteiger partial charge in [-0.25, -0.2) is 4.98 Å². The highest BCUT2D eigenvalue weighted by molar-refractivity contribution is 6.31. The van der Waals surface area contributed by atoms with Crippen molar-refractivity contribution in [3.8, 4) is 5.69 Å². The topological polar surface area (TPSA) is 72.2 Å². The van der Waals surface area contributed by atoms with E-state index in [0.29, 0.717) is 23.4 Å². The van der Waals surface area contributed by atoms with Gasteiger partial charge >= 0.3 is 5.97 Å². The lowest BCUT2D eigenvalue weighted by Gasteiger charge is -2.15. The zero-order chi connectivity index (χ0) is 16.9. The van der Waals surface area contributed by atoms with Crippen molar-refractivity contribution in [2.45, 2.75) is 26.2 Å². The molecule has 1 aliphatic rings. The molecule has 0 aromatic carbocycles. The number of hydrogen-bond donors (Lipinski definition) is 1. The monoisotopic (exact) mass is 352 g/mol. The molecular formula is C16H14Cl2N2O3. The van der Waals surface area contributed by atoms with Crippen LogP contribution in [0.1, 0.15) is 29.2 Å². The molecule has 2 atom stereocenters. The van der Waals surface area contributed by atoms with Crippen molar-refractivity contribution in [3.05, 3.63) is 55.7 Å². The van der Waals surface area contributed by atoms with E-state index in [-0.39, 0.29) is 21.7 Å². The first-order valence-corrected chi connectivity index (χ1v) is 7.84. The van der Waals surface area contributed by atoms with E-state index < -0.39 is 11.9 Å². The van der Waals surface area contributed by atoms with E-state index in [4.69, 9.17) is 28.3 Å². The molecule has 0 spiro atoms. The molecule has 120 valence electrons. The van der Waals surface area contributed by atoms with Crippen LogP contribution >= 0.6 is 23.2 Å². The molecule has 2 heterocycles. The molecule has 0 bridgehead atoms. The van der Waals surface area contributed by atoms with Crippen LogP contribution in [0.5, 0.6) is 0 Å². The van der Waals surface area contributed by atoms with Gasteiger partial charge in [0.1, 0.15) is 10.2 Å². The standard InChI is InChI=1S/C16H14Cl2N2O3/c1-7-6-19-13(17)5-12(7)20-8(2)3-10(14(18)15(20)21)9-4-11(9)16(22)23/h3,5-6,9,11H,4H2,1-2H3,(H,22,23)/t9-,11+/m1/s1. The Morgan fingerprint density at radius 2 is 2.04 bits per heavy atom. The molecule has 0 amide bonds. The van der Waals surface area contributed by atoms with Gasteiger partial charge in [-0.3, -0.25) is 14.2 Å². The fourth-order valence-electron chi connectivity index (χ4n) is 2.85. The van der Waals surface area contributed by atoms with E-state index in [0.717, 1.165) is 5.56 Å². The number of aryl methyl sites for hydroxylation is 2. The van der Waals surface area contributed by atoms with Gasteiger partial charge in [0.2, 0.25) is 0 Å². The number of aliphatic carboxylic acids is 1. The molecule has 1 fully saturated rings. The number of pyridine rings is 2. The van der Waals surface area contributed by atoms with Crippen LogP contribution in [0.3, 0.4) is 0 Å². The van der Waals surface area contributed by atoms with Crippen LogP contribution in [0.25, 0.3) is 5.69 Å². The average Bonchev–Trinajstić information content (AvgIpc) is 3.27. The Balaban J connectivity index is 2.15. The normalized spacial score (nSPS) is 19.7. The Morgan fingerprint density at radius 1 is 1.35 bits per heavy atom. The van der Waals surface area contributed by atoms with Crippen molar-refractivity contribution in [2.24, 2.45) is 5.92 Å². The van der Waals surface area contributed by atoms with Crippen LogP contribution in [0.15, 0.2) is 23.1 Å². The highest BCUT2D eigenvalue weighted by Crippen LogP contribution is 2.49. The fourth-order valence-corrected chi connectivity index (χ4v) is 3.28. The van der Waals surface area contributed by atoms with Crippen LogP contribution in [-0.4, -0.2) is 20.6 Å². The summed E-state index contributed by atoms with van der Waals surface area (Å²) in [7, 11) is 0. The number of hydrogen-bond acceptors (Lipinski definition) is 3. The van der Waals surface area contributed by atoms with E-state index in [1.165, 1.54) is 4.57 Å². The smallest absolute Gasteiger partial charge is 0.307 e. The summed E-state index contributed by atoms with van der Waals surface area (Å²) in [5.74, 6) is -1.51. The summed E-state index contributed by atoms with van der Waals surface area (Å²) in [6, 6.07) is 3.39. The number of carboxylic acids is 1. The third kappa shape index (κ3) is 2.75. The van der Waals surface area contributed by atoms with Crippen molar-refractivity contribution < 1.29 is 9.90 Å². The molecule has 1 aliphatic carbocycles. The second-order valence-corrected chi connectivity index (χ2v) is 6.54. The van der Waals surface area contributed by atoms with Gasteiger partial charge in [-0.1, -0.05) is 23.2 Å². The molecule has 1 saturated carbocycles. The summed E-state index contributed by atoms with van der Waals surface area (Å²) in [6.45, 7) is 3.61. The van der Waals surface area contributed by atoms with Crippen LogP contribution in [0, 0.1) is 19.8 Å². The zero-order valence-electron chi connectivity index (χ0n) is 12.5. The first-order chi connectivity index (χ1) is 10.8. The summed E-state index contributed by atoms with van der Waals surface area (Å²) in [6.07, 6.45) is 2.10. The molecule has 23 heavy (non-hydrogen) atoms. The summed E-state index contributed by atoms with van der Waals surface area (Å²) >= 11 is 12.2. The van der Waals surface area contributed by atoms with Gasteiger partial charge in [-0.05, 0) is 49.4 Å². The molecule has 0 radical (unpaired) electrons. The molecule has 0 aliphatic heterocycles. The molecule has 0 unspecified atom stereocenters. The van der Waals surface area contributed by atoms with Crippen LogP contribution in [-0.2, 0) is 4.79 Å². The fraction of sp³-hybridized carbons (Fsp3) is 0.312. The lowest BCUT2D eigenvalue weighted by molar-refractivity contribution is -0.138. The molecule has 7 heteroatoms. The Bertz CT molecular complexity index is 876. The van der Waals surface area contributed by atoms with Gasteiger partial charge in [0, 0.05) is 11.9 Å². The number of halogens is 2. The van der Waals surface area contributed by atoms with Crippen molar-refractivity contribution in [2.75, 3.05) is 0 Å². The Labute approximate surface area is 142 Å². The number of carbonyl (C=O) groups is 1. The van der Waals surface area contributed by atoms with E-state index in [2.05, 4.69) is 4.98 Å². The molecular weight excluding hydrogens is 339 g/mol. The highest BCUT2D eigenvalue weighted by atomic mass is 35.5. The zero-order valence-corrected chi connectivity index (χ0v) is 14.0. The second-order valence-electron chi connectivity index (χ2n) is 5.78. The third-order valence-corrected chi connectivity index (χ3v) is 4.74. The Kier molecular flexibility index (Phi) is 3.94. The summed E-state index contributed by atoms with van der Waals surface area (Å²) in [5.41, 5.74) is 2.32. The molecule has 1 N–H and O–H groups in total. The van der Waals surface area contributed by atoms with Gasteiger partial charge in [0.05, 0.1) is 11.6 Å². The van der Waals surface area contributed by atoms with Crippen molar-refractivity contribution in [1.29, 1.82) is 0 Å². The third-order valence-electron chi connectivity index (χ3n) is 4.15. The van der Waals surface area contributed by atoms with Crippen molar-refractivity contribution in [3.63, 3.8) is 0 Å². The van der Waals surface area contributed by atoms with Gasteiger partial charge in [0.25, 0.3) is 5.56 Å². The average molecular weight is 353 g/mol. The van der Waals surface area contributed by atoms with Gasteiger partial charge in [0.15, 0.2) is 0 Å². The predicted octanol–water partition coefficient (Wildman–Crippen LogP) is 3.34. The SMILES string of the molecule is Cc1cnc(Cl)cc1-n1c(C)cc([C@H]2C[C@@H]2C(=O)O)c(Cl)c1=O. The van der Waals surface area contributed by atoms with E-state index in [1.54, 1.807) is 25.3 Å². The molecule has 5 nitrogen and oxygen atoms in total.